The second-order valence-electron chi connectivity index (χ2n) is 5.74. The predicted molar refractivity (Wildman–Crippen MR) is 100 cm³/mol. The van der Waals surface area contributed by atoms with Crippen molar-refractivity contribution in [2.24, 2.45) is 0 Å². The SMILES string of the molecule is C[C@@H](N[C@H](c1ccccc1)c1cccs1)C(=O)Nc1ccc(F)cc1. The Morgan fingerprint density at radius 3 is 2.36 bits per heavy atom. The summed E-state index contributed by atoms with van der Waals surface area (Å²) in [6, 6.07) is 19.4. The van der Waals surface area contributed by atoms with Gasteiger partial charge < -0.3 is 5.32 Å². The molecule has 0 bridgehead atoms. The van der Waals surface area contributed by atoms with Crippen LogP contribution >= 0.6 is 11.3 Å². The van der Waals surface area contributed by atoms with Crippen LogP contribution in [0.3, 0.4) is 0 Å². The van der Waals surface area contributed by atoms with Crippen LogP contribution in [0.25, 0.3) is 0 Å². The van der Waals surface area contributed by atoms with E-state index in [4.69, 9.17) is 0 Å². The van der Waals surface area contributed by atoms with Gasteiger partial charge in [-0.15, -0.1) is 11.3 Å². The van der Waals surface area contributed by atoms with Crippen molar-refractivity contribution in [2.45, 2.75) is 19.0 Å². The second kappa shape index (κ2) is 8.05. The number of carbonyl (C=O) groups is 1. The molecule has 25 heavy (non-hydrogen) atoms. The maximum Gasteiger partial charge on any atom is 0.241 e. The summed E-state index contributed by atoms with van der Waals surface area (Å²) in [6.07, 6.45) is 0. The van der Waals surface area contributed by atoms with Crippen molar-refractivity contribution in [1.82, 2.24) is 5.32 Å². The third-order valence-electron chi connectivity index (χ3n) is 3.88. The Hall–Kier alpha value is -2.50. The molecule has 0 aliphatic carbocycles. The Balaban J connectivity index is 1.72. The van der Waals surface area contributed by atoms with E-state index in [9.17, 15) is 9.18 Å². The minimum Gasteiger partial charge on any atom is -0.325 e. The van der Waals surface area contributed by atoms with Gasteiger partial charge in [0.05, 0.1) is 12.1 Å². The van der Waals surface area contributed by atoms with Crippen LogP contribution in [0.15, 0.2) is 72.1 Å². The van der Waals surface area contributed by atoms with Crippen LogP contribution in [0.1, 0.15) is 23.4 Å². The Morgan fingerprint density at radius 2 is 1.72 bits per heavy atom. The number of hydrogen-bond donors (Lipinski definition) is 2. The van der Waals surface area contributed by atoms with Crippen LogP contribution in [-0.2, 0) is 4.79 Å². The number of nitrogens with one attached hydrogen (secondary N) is 2. The Kier molecular flexibility index (Phi) is 5.58. The van der Waals surface area contributed by atoms with E-state index in [2.05, 4.69) is 16.7 Å². The molecule has 3 aromatic rings. The quantitative estimate of drug-likeness (QED) is 0.680. The highest BCUT2D eigenvalue weighted by Gasteiger charge is 2.21. The molecule has 0 fully saturated rings. The molecule has 0 saturated carbocycles. The molecule has 0 aliphatic heterocycles. The smallest absolute Gasteiger partial charge is 0.241 e. The van der Waals surface area contributed by atoms with E-state index in [1.807, 2.05) is 48.7 Å². The van der Waals surface area contributed by atoms with E-state index in [1.54, 1.807) is 23.5 Å². The van der Waals surface area contributed by atoms with Crippen LogP contribution in [-0.4, -0.2) is 11.9 Å². The summed E-state index contributed by atoms with van der Waals surface area (Å²) in [6.45, 7) is 1.82. The third-order valence-corrected chi connectivity index (χ3v) is 4.82. The molecule has 2 atom stereocenters. The summed E-state index contributed by atoms with van der Waals surface area (Å²) in [4.78, 5) is 13.6. The fourth-order valence-corrected chi connectivity index (χ4v) is 3.36. The summed E-state index contributed by atoms with van der Waals surface area (Å²) >= 11 is 1.65. The first-order valence-electron chi connectivity index (χ1n) is 8.04. The molecule has 0 spiro atoms. The molecule has 2 N–H and O–H groups in total. The minimum atomic E-state index is -0.419. The van der Waals surface area contributed by atoms with Crippen molar-refractivity contribution in [3.63, 3.8) is 0 Å². The lowest BCUT2D eigenvalue weighted by molar-refractivity contribution is -0.117. The fraction of sp³-hybridized carbons (Fsp3) is 0.150. The van der Waals surface area contributed by atoms with Crippen LogP contribution in [0.5, 0.6) is 0 Å². The van der Waals surface area contributed by atoms with Gasteiger partial charge in [0.25, 0.3) is 0 Å². The normalized spacial score (nSPS) is 13.2. The molecule has 0 aliphatic rings. The van der Waals surface area contributed by atoms with Crippen LogP contribution in [0.2, 0.25) is 0 Å². The molecular formula is C20H19FN2OS. The van der Waals surface area contributed by atoms with Gasteiger partial charge in [-0.05, 0) is 48.2 Å². The second-order valence-corrected chi connectivity index (χ2v) is 6.72. The largest absolute Gasteiger partial charge is 0.325 e. The number of amides is 1. The van der Waals surface area contributed by atoms with Gasteiger partial charge >= 0.3 is 0 Å². The van der Waals surface area contributed by atoms with Gasteiger partial charge in [0, 0.05) is 10.6 Å². The number of rotatable bonds is 6. The lowest BCUT2D eigenvalue weighted by atomic mass is 10.0. The molecule has 5 heteroatoms. The Labute approximate surface area is 150 Å². The summed E-state index contributed by atoms with van der Waals surface area (Å²) < 4.78 is 13.0. The molecule has 0 saturated heterocycles. The molecule has 0 radical (unpaired) electrons. The third kappa shape index (κ3) is 4.53. The number of halogens is 1. The predicted octanol–water partition coefficient (Wildman–Crippen LogP) is 4.59. The van der Waals surface area contributed by atoms with E-state index >= 15 is 0 Å². The summed E-state index contributed by atoms with van der Waals surface area (Å²) in [5, 5.41) is 8.22. The van der Waals surface area contributed by atoms with E-state index in [1.165, 1.54) is 12.1 Å². The number of thiophene rings is 1. The highest BCUT2D eigenvalue weighted by molar-refractivity contribution is 7.10. The fourth-order valence-electron chi connectivity index (χ4n) is 2.55. The topological polar surface area (TPSA) is 41.1 Å². The summed E-state index contributed by atoms with van der Waals surface area (Å²) in [5.74, 6) is -0.491. The minimum absolute atomic E-state index is 0.0600. The van der Waals surface area contributed by atoms with Crippen molar-refractivity contribution >= 4 is 22.9 Å². The van der Waals surface area contributed by atoms with Gasteiger partial charge in [-0.25, -0.2) is 4.39 Å². The lowest BCUT2D eigenvalue weighted by Gasteiger charge is -2.22. The molecule has 128 valence electrons. The zero-order valence-corrected chi connectivity index (χ0v) is 14.6. The molecule has 1 amide bonds. The molecule has 3 nitrogen and oxygen atoms in total. The molecule has 1 aromatic heterocycles. The van der Waals surface area contributed by atoms with Gasteiger partial charge in [0.2, 0.25) is 5.91 Å². The number of hydrogen-bond acceptors (Lipinski definition) is 3. The van der Waals surface area contributed by atoms with Gasteiger partial charge in [0.1, 0.15) is 5.82 Å². The summed E-state index contributed by atoms with van der Waals surface area (Å²) in [5.41, 5.74) is 1.68. The number of anilines is 1. The van der Waals surface area contributed by atoms with Crippen LogP contribution in [0.4, 0.5) is 10.1 Å². The maximum atomic E-state index is 13.0. The van der Waals surface area contributed by atoms with Crippen molar-refractivity contribution in [2.75, 3.05) is 5.32 Å². The molecule has 2 aromatic carbocycles. The van der Waals surface area contributed by atoms with E-state index < -0.39 is 6.04 Å². The average Bonchev–Trinajstić information content (AvgIpc) is 3.16. The molecular weight excluding hydrogens is 335 g/mol. The van der Waals surface area contributed by atoms with E-state index in [0.29, 0.717) is 5.69 Å². The van der Waals surface area contributed by atoms with Gasteiger partial charge in [-0.3, -0.25) is 10.1 Å². The molecule has 0 unspecified atom stereocenters. The first kappa shape index (κ1) is 17.3. The van der Waals surface area contributed by atoms with Gasteiger partial charge in [0.15, 0.2) is 0 Å². The van der Waals surface area contributed by atoms with Crippen molar-refractivity contribution < 1.29 is 9.18 Å². The average molecular weight is 354 g/mol. The first-order valence-corrected chi connectivity index (χ1v) is 8.92. The molecule has 3 rings (SSSR count). The zero-order valence-electron chi connectivity index (χ0n) is 13.8. The van der Waals surface area contributed by atoms with Crippen LogP contribution < -0.4 is 10.6 Å². The lowest BCUT2D eigenvalue weighted by Crippen LogP contribution is -2.40. The van der Waals surface area contributed by atoms with Gasteiger partial charge in [-0.2, -0.15) is 0 Å². The highest BCUT2D eigenvalue weighted by atomic mass is 32.1. The van der Waals surface area contributed by atoms with Crippen molar-refractivity contribution in [3.05, 3.63) is 88.4 Å². The highest BCUT2D eigenvalue weighted by Crippen LogP contribution is 2.26. The first-order chi connectivity index (χ1) is 12.1. The summed E-state index contributed by atoms with van der Waals surface area (Å²) in [7, 11) is 0. The maximum absolute atomic E-state index is 13.0. The Morgan fingerprint density at radius 1 is 1.00 bits per heavy atom. The number of benzene rings is 2. The van der Waals surface area contributed by atoms with Crippen LogP contribution in [0, 0.1) is 5.82 Å². The van der Waals surface area contributed by atoms with E-state index in [-0.39, 0.29) is 17.8 Å². The monoisotopic (exact) mass is 354 g/mol. The zero-order chi connectivity index (χ0) is 17.6. The van der Waals surface area contributed by atoms with E-state index in [0.717, 1.165) is 10.4 Å². The Bertz CT molecular complexity index is 803. The van der Waals surface area contributed by atoms with Gasteiger partial charge in [-0.1, -0.05) is 36.4 Å². The standard InChI is InChI=1S/C20H19FN2OS/c1-14(20(24)23-17-11-9-16(21)10-12-17)22-19(18-8-5-13-25-18)15-6-3-2-4-7-15/h2-14,19,22H,1H3,(H,23,24)/t14-,19-/m1/s1. The van der Waals surface area contributed by atoms with Crippen molar-refractivity contribution in [3.8, 4) is 0 Å². The molecule has 1 heterocycles. The van der Waals surface area contributed by atoms with Crippen molar-refractivity contribution in [1.29, 1.82) is 0 Å². The number of carbonyl (C=O) groups excluding carboxylic acids is 1.